The molecular weight excluding hydrogens is 226 g/mol. The first-order valence-corrected chi connectivity index (χ1v) is 6.38. The molecule has 3 heteroatoms. The largest absolute Gasteiger partial charge is 0.478 e. The lowest BCUT2D eigenvalue weighted by atomic mass is 9.75. The van der Waals surface area contributed by atoms with E-state index in [0.29, 0.717) is 16.9 Å². The quantitative estimate of drug-likeness (QED) is 0.872. The molecule has 18 heavy (non-hydrogen) atoms. The summed E-state index contributed by atoms with van der Waals surface area (Å²) in [4.78, 5) is 13.3. The van der Waals surface area contributed by atoms with E-state index in [9.17, 15) is 4.79 Å². The van der Waals surface area contributed by atoms with E-state index in [4.69, 9.17) is 5.11 Å². The lowest BCUT2D eigenvalue weighted by Gasteiger charge is -2.48. The van der Waals surface area contributed by atoms with E-state index in [0.717, 1.165) is 24.3 Å². The summed E-state index contributed by atoms with van der Waals surface area (Å²) in [7, 11) is 0. The first-order valence-electron chi connectivity index (χ1n) is 6.38. The van der Waals surface area contributed by atoms with Gasteiger partial charge in [-0.1, -0.05) is 26.8 Å². The van der Waals surface area contributed by atoms with Crippen molar-refractivity contribution in [2.75, 3.05) is 18.0 Å². The highest BCUT2D eigenvalue weighted by Gasteiger charge is 2.36. The number of aryl methyl sites for hydroxylation is 1. The van der Waals surface area contributed by atoms with Crippen molar-refractivity contribution in [2.24, 2.45) is 11.3 Å². The maximum atomic E-state index is 11.0. The number of nitrogens with zero attached hydrogens (tertiary/aromatic N) is 1. The smallest absolute Gasteiger partial charge is 0.335 e. The van der Waals surface area contributed by atoms with E-state index in [-0.39, 0.29) is 0 Å². The second kappa shape index (κ2) is 4.30. The fourth-order valence-electron chi connectivity index (χ4n) is 2.31. The van der Waals surface area contributed by atoms with Crippen molar-refractivity contribution in [3.8, 4) is 0 Å². The number of hydrogen-bond donors (Lipinski definition) is 1. The fraction of sp³-hybridized carbons (Fsp3) is 0.533. The van der Waals surface area contributed by atoms with Gasteiger partial charge in [0, 0.05) is 18.8 Å². The number of hydrogen-bond acceptors (Lipinski definition) is 2. The Bertz CT molecular complexity index is 468. The molecule has 1 heterocycles. The van der Waals surface area contributed by atoms with Gasteiger partial charge in [0.1, 0.15) is 0 Å². The summed E-state index contributed by atoms with van der Waals surface area (Å²) in [6.07, 6.45) is 0. The fourth-order valence-corrected chi connectivity index (χ4v) is 2.31. The predicted octanol–water partition coefficient (Wildman–Crippen LogP) is 3.18. The number of carbonyl (C=O) groups is 1. The van der Waals surface area contributed by atoms with Gasteiger partial charge in [-0.05, 0) is 36.0 Å². The maximum absolute atomic E-state index is 11.0. The average Bonchev–Trinajstić information content (AvgIpc) is 2.15. The van der Waals surface area contributed by atoms with Crippen LogP contribution in [0.2, 0.25) is 0 Å². The van der Waals surface area contributed by atoms with Crippen LogP contribution in [0.3, 0.4) is 0 Å². The number of rotatable bonds is 2. The van der Waals surface area contributed by atoms with Crippen molar-refractivity contribution >= 4 is 11.7 Å². The molecule has 1 fully saturated rings. The maximum Gasteiger partial charge on any atom is 0.335 e. The van der Waals surface area contributed by atoms with Gasteiger partial charge in [-0.3, -0.25) is 0 Å². The predicted molar refractivity (Wildman–Crippen MR) is 73.3 cm³/mol. The van der Waals surface area contributed by atoms with Crippen LogP contribution in [0, 0.1) is 18.3 Å². The Labute approximate surface area is 108 Å². The summed E-state index contributed by atoms with van der Waals surface area (Å²) >= 11 is 0. The highest BCUT2D eigenvalue weighted by molar-refractivity contribution is 5.89. The van der Waals surface area contributed by atoms with E-state index >= 15 is 0 Å². The molecule has 1 N–H and O–H groups in total. The molecule has 0 spiro atoms. The Balaban J connectivity index is 2.16. The zero-order chi connectivity index (χ0) is 13.5. The highest BCUT2D eigenvalue weighted by atomic mass is 16.4. The molecule has 0 amide bonds. The van der Waals surface area contributed by atoms with Crippen LogP contribution in [0.5, 0.6) is 0 Å². The van der Waals surface area contributed by atoms with E-state index in [1.165, 1.54) is 0 Å². The molecule has 0 atom stereocenters. The highest BCUT2D eigenvalue weighted by Crippen LogP contribution is 2.37. The number of aromatic carboxylic acids is 1. The van der Waals surface area contributed by atoms with Gasteiger partial charge in [0.05, 0.1) is 5.56 Å². The number of anilines is 1. The van der Waals surface area contributed by atoms with Gasteiger partial charge in [0.25, 0.3) is 0 Å². The van der Waals surface area contributed by atoms with E-state index < -0.39 is 5.97 Å². The van der Waals surface area contributed by atoms with Crippen molar-refractivity contribution in [1.82, 2.24) is 0 Å². The van der Waals surface area contributed by atoms with Crippen molar-refractivity contribution in [2.45, 2.75) is 27.7 Å². The molecule has 0 saturated carbocycles. The van der Waals surface area contributed by atoms with Gasteiger partial charge >= 0.3 is 5.97 Å². The molecule has 1 aromatic carbocycles. The minimum absolute atomic E-state index is 0.328. The second-order valence-corrected chi connectivity index (χ2v) is 6.27. The molecule has 3 nitrogen and oxygen atoms in total. The third kappa shape index (κ3) is 2.35. The lowest BCUT2D eigenvalue weighted by molar-refractivity contribution is 0.0697. The lowest BCUT2D eigenvalue weighted by Crippen LogP contribution is -2.52. The minimum atomic E-state index is -0.857. The molecule has 2 rings (SSSR count). The monoisotopic (exact) mass is 247 g/mol. The topological polar surface area (TPSA) is 40.5 Å². The van der Waals surface area contributed by atoms with Gasteiger partial charge in [-0.25, -0.2) is 4.79 Å². The van der Waals surface area contributed by atoms with Gasteiger partial charge in [0.2, 0.25) is 0 Å². The van der Waals surface area contributed by atoms with E-state index in [1.54, 1.807) is 12.1 Å². The molecular formula is C15H21NO2. The second-order valence-electron chi connectivity index (χ2n) is 6.27. The Morgan fingerprint density at radius 3 is 2.44 bits per heavy atom. The zero-order valence-corrected chi connectivity index (χ0v) is 11.5. The van der Waals surface area contributed by atoms with Gasteiger partial charge < -0.3 is 10.0 Å². The van der Waals surface area contributed by atoms with Gasteiger partial charge in [-0.2, -0.15) is 0 Å². The van der Waals surface area contributed by atoms with Crippen LogP contribution in [0.25, 0.3) is 0 Å². The zero-order valence-electron chi connectivity index (χ0n) is 11.5. The van der Waals surface area contributed by atoms with Crippen molar-refractivity contribution < 1.29 is 9.90 Å². The van der Waals surface area contributed by atoms with Gasteiger partial charge in [0.15, 0.2) is 0 Å². The van der Waals surface area contributed by atoms with Crippen LogP contribution in [-0.2, 0) is 0 Å². The molecule has 0 aromatic heterocycles. The Morgan fingerprint density at radius 1 is 1.33 bits per heavy atom. The van der Waals surface area contributed by atoms with Crippen LogP contribution < -0.4 is 4.90 Å². The van der Waals surface area contributed by atoms with Crippen molar-refractivity contribution in [3.63, 3.8) is 0 Å². The molecule has 0 bridgehead atoms. The van der Waals surface area contributed by atoms with Crippen LogP contribution >= 0.6 is 0 Å². The molecule has 0 unspecified atom stereocenters. The van der Waals surface area contributed by atoms with E-state index in [2.05, 4.69) is 25.7 Å². The van der Waals surface area contributed by atoms with E-state index in [1.807, 2.05) is 13.0 Å². The summed E-state index contributed by atoms with van der Waals surface area (Å²) in [5.41, 5.74) is 2.91. The Morgan fingerprint density at radius 2 is 1.94 bits per heavy atom. The minimum Gasteiger partial charge on any atom is -0.478 e. The molecule has 1 aliphatic heterocycles. The first-order chi connectivity index (χ1) is 8.29. The number of benzene rings is 1. The molecule has 0 aliphatic carbocycles. The summed E-state index contributed by atoms with van der Waals surface area (Å²) in [5.74, 6) is -0.172. The Kier molecular flexibility index (Phi) is 3.09. The third-order valence-corrected chi connectivity index (χ3v) is 3.90. The number of carboxylic acids is 1. The molecule has 1 saturated heterocycles. The van der Waals surface area contributed by atoms with Crippen molar-refractivity contribution in [1.29, 1.82) is 0 Å². The molecule has 1 aromatic rings. The SMILES string of the molecule is Cc1ccc(C(=O)O)cc1N1CC(C(C)(C)C)C1. The summed E-state index contributed by atoms with van der Waals surface area (Å²) in [6.45, 7) is 10.9. The summed E-state index contributed by atoms with van der Waals surface area (Å²) in [5, 5.41) is 9.04. The van der Waals surface area contributed by atoms with Crippen LogP contribution in [-0.4, -0.2) is 24.2 Å². The molecule has 0 radical (unpaired) electrons. The Hall–Kier alpha value is -1.51. The summed E-state index contributed by atoms with van der Waals surface area (Å²) < 4.78 is 0. The van der Waals surface area contributed by atoms with Gasteiger partial charge in [-0.15, -0.1) is 0 Å². The number of carboxylic acid groups (broad SMARTS) is 1. The van der Waals surface area contributed by atoms with Crippen LogP contribution in [0.1, 0.15) is 36.7 Å². The average molecular weight is 247 g/mol. The van der Waals surface area contributed by atoms with Crippen LogP contribution in [0.15, 0.2) is 18.2 Å². The summed E-state index contributed by atoms with van der Waals surface area (Å²) in [6, 6.07) is 5.35. The normalized spacial score (nSPS) is 16.6. The van der Waals surface area contributed by atoms with Crippen molar-refractivity contribution in [3.05, 3.63) is 29.3 Å². The molecule has 1 aliphatic rings. The molecule has 98 valence electrons. The third-order valence-electron chi connectivity index (χ3n) is 3.90. The first kappa shape index (κ1) is 12.9. The standard InChI is InChI=1S/C15H21NO2/c1-10-5-6-11(14(17)18)7-13(10)16-8-12(9-16)15(2,3)4/h5-7,12H,8-9H2,1-4H3,(H,17,18). The van der Waals surface area contributed by atoms with Crippen LogP contribution in [0.4, 0.5) is 5.69 Å².